The number of hydrogen-bond acceptors (Lipinski definition) is 6. The highest BCUT2D eigenvalue weighted by Crippen LogP contribution is 2.20. The van der Waals surface area contributed by atoms with E-state index in [-0.39, 0.29) is 24.0 Å². The number of aromatic nitrogens is 2. The minimum absolute atomic E-state index is 0.124. The maximum absolute atomic E-state index is 12.4. The highest BCUT2D eigenvalue weighted by atomic mass is 32.2. The number of amides is 1. The average molecular weight is 506 g/mol. The Morgan fingerprint density at radius 3 is 2.22 bits per heavy atom. The number of aromatic amines is 1. The fourth-order valence-corrected chi connectivity index (χ4v) is 4.70. The third kappa shape index (κ3) is 6.76. The second kappa shape index (κ2) is 10.8. The zero-order valence-electron chi connectivity index (χ0n) is 19.0. The molecule has 0 atom stereocenters. The zero-order valence-corrected chi connectivity index (χ0v) is 19.9. The van der Waals surface area contributed by atoms with Gasteiger partial charge in [-0.25, -0.2) is 13.4 Å². The number of carbonyl (C=O) groups is 1. The summed E-state index contributed by atoms with van der Waals surface area (Å²) in [6.45, 7) is 0.319. The molecule has 3 N–H and O–H groups in total. The summed E-state index contributed by atoms with van der Waals surface area (Å²) in [5, 5.41) is 13.6. The van der Waals surface area contributed by atoms with Gasteiger partial charge in [-0.3, -0.25) is 9.52 Å². The van der Waals surface area contributed by atoms with E-state index < -0.39 is 14.9 Å². The second-order valence-corrected chi connectivity index (χ2v) is 9.79. The van der Waals surface area contributed by atoms with Gasteiger partial charge in [-0.2, -0.15) is 0 Å². The molecule has 0 saturated carbocycles. The number of nitro groups is 1. The molecule has 0 unspecified atom stereocenters. The first-order valence-electron chi connectivity index (χ1n) is 11.0. The van der Waals surface area contributed by atoms with Crippen molar-refractivity contribution >= 4 is 27.6 Å². The third-order valence-corrected chi connectivity index (χ3v) is 6.54. The predicted molar refractivity (Wildman–Crippen MR) is 135 cm³/mol. The van der Waals surface area contributed by atoms with Crippen molar-refractivity contribution < 1.29 is 18.1 Å². The van der Waals surface area contributed by atoms with Crippen molar-refractivity contribution in [3.05, 3.63) is 112 Å². The summed E-state index contributed by atoms with van der Waals surface area (Å²) in [6, 6.07) is 22.8. The lowest BCUT2D eigenvalue weighted by Gasteiger charge is -2.09. The summed E-state index contributed by atoms with van der Waals surface area (Å²) in [5.41, 5.74) is 4.00. The van der Waals surface area contributed by atoms with Gasteiger partial charge in [-0.15, -0.1) is 0 Å². The van der Waals surface area contributed by atoms with Crippen LogP contribution in [0.15, 0.2) is 85.1 Å². The molecule has 0 aliphatic rings. The molecule has 1 amide bonds. The number of rotatable bonds is 10. The van der Waals surface area contributed by atoms with Crippen molar-refractivity contribution in [2.24, 2.45) is 0 Å². The maximum Gasteiger partial charge on any atom is 0.432 e. The number of nitrogens with one attached hydrogen (secondary N) is 3. The van der Waals surface area contributed by atoms with Gasteiger partial charge in [0.1, 0.15) is 11.9 Å². The summed E-state index contributed by atoms with van der Waals surface area (Å²) < 4.78 is 27.3. The van der Waals surface area contributed by atoms with Crippen LogP contribution in [0.1, 0.15) is 16.7 Å². The van der Waals surface area contributed by atoms with Crippen LogP contribution in [0.25, 0.3) is 11.3 Å². The molecule has 0 bridgehead atoms. The molecular formula is C25H23N5O5S. The van der Waals surface area contributed by atoms with Crippen LogP contribution in [0.2, 0.25) is 0 Å². The van der Waals surface area contributed by atoms with Gasteiger partial charge >= 0.3 is 5.95 Å². The van der Waals surface area contributed by atoms with Gasteiger partial charge in [0.05, 0.1) is 12.2 Å². The normalized spacial score (nSPS) is 11.1. The van der Waals surface area contributed by atoms with E-state index in [2.05, 4.69) is 20.0 Å². The number of hydrogen-bond donors (Lipinski definition) is 3. The van der Waals surface area contributed by atoms with E-state index in [4.69, 9.17) is 0 Å². The Hall–Kier alpha value is -4.51. The van der Waals surface area contributed by atoms with Crippen molar-refractivity contribution in [1.29, 1.82) is 0 Å². The van der Waals surface area contributed by atoms with Crippen LogP contribution in [-0.4, -0.2) is 29.2 Å². The standard InChI is InChI=1S/C25H23N5O5S/c31-24(26-15-19-6-10-21(11-7-19)23-16-27-25(28-23)30(32)33)14-18-8-12-22(13-9-18)29-36(34,35)17-20-4-2-1-3-5-20/h1-13,16,29H,14-15,17H2,(H,26,31)(H,27,28). The summed E-state index contributed by atoms with van der Waals surface area (Å²) >= 11 is 0. The molecule has 1 aromatic heterocycles. The van der Waals surface area contributed by atoms with Gasteiger partial charge in [-0.1, -0.05) is 71.7 Å². The summed E-state index contributed by atoms with van der Waals surface area (Å²) in [6.07, 6.45) is 1.54. The largest absolute Gasteiger partial charge is 0.432 e. The van der Waals surface area contributed by atoms with Gasteiger partial charge in [0.2, 0.25) is 15.9 Å². The Kier molecular flexibility index (Phi) is 7.40. The Morgan fingerprint density at radius 2 is 1.58 bits per heavy atom. The van der Waals surface area contributed by atoms with Gasteiger partial charge in [0.25, 0.3) is 0 Å². The fourth-order valence-electron chi connectivity index (χ4n) is 3.50. The van der Waals surface area contributed by atoms with E-state index in [0.717, 1.165) is 16.7 Å². The molecule has 184 valence electrons. The van der Waals surface area contributed by atoms with E-state index in [9.17, 15) is 23.3 Å². The lowest BCUT2D eigenvalue weighted by molar-refractivity contribution is -0.393. The lowest BCUT2D eigenvalue weighted by Crippen LogP contribution is -2.24. The van der Waals surface area contributed by atoms with E-state index in [1.807, 2.05) is 18.2 Å². The third-order valence-electron chi connectivity index (χ3n) is 5.28. The van der Waals surface area contributed by atoms with Crippen LogP contribution < -0.4 is 10.0 Å². The number of imidazole rings is 1. The van der Waals surface area contributed by atoms with Crippen molar-refractivity contribution in [3.8, 4) is 11.3 Å². The summed E-state index contributed by atoms with van der Waals surface area (Å²) in [7, 11) is -3.55. The van der Waals surface area contributed by atoms with Crippen molar-refractivity contribution in [2.75, 3.05) is 4.72 Å². The van der Waals surface area contributed by atoms with Crippen molar-refractivity contribution in [3.63, 3.8) is 0 Å². The minimum Gasteiger partial charge on any atom is -0.390 e. The molecule has 36 heavy (non-hydrogen) atoms. The van der Waals surface area contributed by atoms with Crippen LogP contribution in [0, 0.1) is 10.1 Å². The fraction of sp³-hybridized carbons (Fsp3) is 0.120. The topological polar surface area (TPSA) is 147 Å². The number of benzene rings is 3. The summed E-state index contributed by atoms with van der Waals surface area (Å²) in [4.78, 5) is 28.9. The van der Waals surface area contributed by atoms with Crippen molar-refractivity contribution in [2.45, 2.75) is 18.7 Å². The van der Waals surface area contributed by atoms with E-state index in [1.165, 1.54) is 6.20 Å². The van der Waals surface area contributed by atoms with Crippen LogP contribution >= 0.6 is 0 Å². The first kappa shape index (κ1) is 24.6. The van der Waals surface area contributed by atoms with E-state index in [1.54, 1.807) is 60.7 Å². The molecule has 0 spiro atoms. The van der Waals surface area contributed by atoms with Crippen LogP contribution in [0.3, 0.4) is 0 Å². The number of H-pyrrole nitrogens is 1. The molecule has 11 heteroatoms. The molecule has 0 aliphatic heterocycles. The molecule has 0 radical (unpaired) electrons. The Balaban J connectivity index is 1.26. The SMILES string of the molecule is O=C(Cc1ccc(NS(=O)(=O)Cc2ccccc2)cc1)NCc1ccc(-c2cnc([N+](=O)[O-])[nH]2)cc1. The molecule has 3 aromatic carbocycles. The van der Waals surface area contributed by atoms with Crippen LogP contribution in [-0.2, 0) is 33.5 Å². The monoisotopic (exact) mass is 505 g/mol. The Morgan fingerprint density at radius 1 is 0.917 bits per heavy atom. The van der Waals surface area contributed by atoms with Crippen LogP contribution in [0.4, 0.5) is 11.6 Å². The second-order valence-electron chi connectivity index (χ2n) is 8.07. The highest BCUT2D eigenvalue weighted by Gasteiger charge is 2.13. The molecule has 0 aliphatic carbocycles. The van der Waals surface area contributed by atoms with Gasteiger partial charge in [0, 0.05) is 17.8 Å². The first-order valence-corrected chi connectivity index (χ1v) is 12.6. The smallest absolute Gasteiger partial charge is 0.390 e. The summed E-state index contributed by atoms with van der Waals surface area (Å²) in [5.74, 6) is -0.625. The molecule has 4 rings (SSSR count). The van der Waals surface area contributed by atoms with Gasteiger partial charge < -0.3 is 15.4 Å². The molecule has 0 saturated heterocycles. The van der Waals surface area contributed by atoms with E-state index in [0.29, 0.717) is 23.5 Å². The molecule has 1 heterocycles. The quantitative estimate of drug-likeness (QED) is 0.221. The zero-order chi connectivity index (χ0) is 25.5. The number of carbonyl (C=O) groups excluding carboxylic acids is 1. The van der Waals surface area contributed by atoms with Gasteiger partial charge in [-0.05, 0) is 33.7 Å². The Bertz CT molecular complexity index is 1450. The number of anilines is 1. The predicted octanol–water partition coefficient (Wildman–Crippen LogP) is 3.79. The maximum atomic E-state index is 12.4. The molecule has 0 fully saturated rings. The molecule has 10 nitrogen and oxygen atoms in total. The Labute approximate surface area is 207 Å². The number of sulfonamides is 1. The minimum atomic E-state index is -3.55. The molecular weight excluding hydrogens is 482 g/mol. The number of nitrogens with zero attached hydrogens (tertiary/aromatic N) is 2. The highest BCUT2D eigenvalue weighted by molar-refractivity contribution is 7.91. The first-order chi connectivity index (χ1) is 17.3. The van der Waals surface area contributed by atoms with E-state index >= 15 is 0 Å². The lowest BCUT2D eigenvalue weighted by atomic mass is 10.1. The van der Waals surface area contributed by atoms with Crippen LogP contribution in [0.5, 0.6) is 0 Å². The average Bonchev–Trinajstić information content (AvgIpc) is 3.35. The van der Waals surface area contributed by atoms with Crippen molar-refractivity contribution in [1.82, 2.24) is 15.3 Å². The van der Waals surface area contributed by atoms with Gasteiger partial charge in [0.15, 0.2) is 0 Å². The molecule has 4 aromatic rings.